The number of carbonyl (C=O) groups excluding carboxylic acids is 2. The number of carbonyl (C=O) groups is 2. The van der Waals surface area contributed by atoms with Gasteiger partial charge in [-0.05, 0) is 31.0 Å². The Morgan fingerprint density at radius 1 is 1.22 bits per heavy atom. The van der Waals surface area contributed by atoms with Crippen molar-refractivity contribution in [1.29, 1.82) is 0 Å². The van der Waals surface area contributed by atoms with Gasteiger partial charge < -0.3 is 10.1 Å². The van der Waals surface area contributed by atoms with Crippen molar-refractivity contribution in [3.63, 3.8) is 0 Å². The molecule has 0 bridgehead atoms. The van der Waals surface area contributed by atoms with E-state index in [1.165, 1.54) is 29.6 Å². The Hall–Kier alpha value is -2.46. The largest absolute Gasteiger partial charge is 0.495 e. The lowest BCUT2D eigenvalue weighted by molar-refractivity contribution is -0.121. The van der Waals surface area contributed by atoms with Gasteiger partial charge in [-0.3, -0.25) is 9.59 Å². The molecule has 27 heavy (non-hydrogen) atoms. The Kier molecular flexibility index (Phi) is 5.76. The van der Waals surface area contributed by atoms with E-state index in [-0.39, 0.29) is 35.0 Å². The molecule has 2 N–H and O–H groups in total. The molecule has 1 saturated heterocycles. The van der Waals surface area contributed by atoms with Crippen molar-refractivity contribution in [2.24, 2.45) is 5.10 Å². The third kappa shape index (κ3) is 4.28. The van der Waals surface area contributed by atoms with Crippen molar-refractivity contribution in [2.45, 2.75) is 37.0 Å². The Morgan fingerprint density at radius 3 is 2.59 bits per heavy atom. The Balaban J connectivity index is 1.85. The fraction of sp³-hybridized carbons (Fsp3) is 0.471. The highest BCUT2D eigenvalue weighted by atomic mass is 32.2. The number of hydrazone groups is 1. The monoisotopic (exact) mass is 394 g/mol. The Morgan fingerprint density at radius 2 is 1.96 bits per heavy atom. The summed E-state index contributed by atoms with van der Waals surface area (Å²) >= 11 is 0. The molecule has 2 aliphatic heterocycles. The van der Waals surface area contributed by atoms with E-state index in [9.17, 15) is 18.0 Å². The van der Waals surface area contributed by atoms with Gasteiger partial charge in [0.05, 0.1) is 17.7 Å². The molecule has 1 aromatic rings. The van der Waals surface area contributed by atoms with Gasteiger partial charge in [0, 0.05) is 25.9 Å². The predicted octanol–water partition coefficient (Wildman–Crippen LogP) is 1.07. The summed E-state index contributed by atoms with van der Waals surface area (Å²) in [7, 11) is -2.21. The van der Waals surface area contributed by atoms with Crippen LogP contribution >= 0.6 is 0 Å². The minimum atomic E-state index is -3.64. The van der Waals surface area contributed by atoms with Gasteiger partial charge in [-0.2, -0.15) is 9.41 Å². The zero-order chi connectivity index (χ0) is 19.4. The van der Waals surface area contributed by atoms with Gasteiger partial charge in [0.25, 0.3) is 5.91 Å². The Bertz CT molecular complexity index is 875. The first-order valence-electron chi connectivity index (χ1n) is 8.77. The number of hydrogen-bond acceptors (Lipinski definition) is 6. The normalized spacial score (nSPS) is 18.4. The number of benzene rings is 1. The van der Waals surface area contributed by atoms with Gasteiger partial charge in [-0.15, -0.1) is 0 Å². The molecule has 0 spiro atoms. The van der Waals surface area contributed by atoms with E-state index in [4.69, 9.17) is 4.74 Å². The summed E-state index contributed by atoms with van der Waals surface area (Å²) in [6.07, 6.45) is 3.09. The third-order valence-electron chi connectivity index (χ3n) is 4.54. The summed E-state index contributed by atoms with van der Waals surface area (Å²) < 4.78 is 32.4. The molecule has 146 valence electrons. The number of sulfonamides is 1. The van der Waals surface area contributed by atoms with Crippen LogP contribution in [-0.2, 0) is 19.6 Å². The number of nitrogens with zero attached hydrogens (tertiary/aromatic N) is 2. The van der Waals surface area contributed by atoms with E-state index in [0.29, 0.717) is 18.8 Å². The molecular weight excluding hydrogens is 372 g/mol. The van der Waals surface area contributed by atoms with Crippen LogP contribution in [0, 0.1) is 0 Å². The summed E-state index contributed by atoms with van der Waals surface area (Å²) in [6, 6.07) is 4.37. The molecule has 0 atom stereocenters. The molecule has 2 amide bonds. The standard InChI is InChI=1S/C17H22N4O5S/c1-26-15-7-5-12(27(24,25)21-9-3-2-4-10-21)11-14(15)18-17(23)13-6-8-16(22)20-19-13/h5,7,11H,2-4,6,8-10H2,1H3,(H,18,23)(H,20,22). The van der Waals surface area contributed by atoms with Crippen LogP contribution in [0.15, 0.2) is 28.2 Å². The van der Waals surface area contributed by atoms with Crippen LogP contribution in [0.25, 0.3) is 0 Å². The minimum absolute atomic E-state index is 0.0967. The predicted molar refractivity (Wildman–Crippen MR) is 99.0 cm³/mol. The van der Waals surface area contributed by atoms with Crippen molar-refractivity contribution in [2.75, 3.05) is 25.5 Å². The van der Waals surface area contributed by atoms with Crippen LogP contribution in [0.3, 0.4) is 0 Å². The van der Waals surface area contributed by atoms with Crippen molar-refractivity contribution in [3.8, 4) is 5.75 Å². The number of nitrogens with one attached hydrogen (secondary N) is 2. The quantitative estimate of drug-likeness (QED) is 0.775. The molecule has 1 fully saturated rings. The molecule has 0 radical (unpaired) electrons. The molecule has 0 aliphatic carbocycles. The van der Waals surface area contributed by atoms with Crippen LogP contribution in [0.4, 0.5) is 5.69 Å². The molecular formula is C17H22N4O5S. The van der Waals surface area contributed by atoms with Crippen molar-refractivity contribution in [3.05, 3.63) is 18.2 Å². The number of piperidine rings is 1. The number of methoxy groups -OCH3 is 1. The average Bonchev–Trinajstić information content (AvgIpc) is 2.69. The molecule has 10 heteroatoms. The van der Waals surface area contributed by atoms with Gasteiger partial charge in [-0.1, -0.05) is 6.42 Å². The first kappa shape index (κ1) is 19.3. The van der Waals surface area contributed by atoms with Gasteiger partial charge in [-0.25, -0.2) is 13.8 Å². The highest BCUT2D eigenvalue weighted by Crippen LogP contribution is 2.30. The van der Waals surface area contributed by atoms with E-state index < -0.39 is 15.9 Å². The van der Waals surface area contributed by atoms with Gasteiger partial charge in [0.2, 0.25) is 15.9 Å². The lowest BCUT2D eigenvalue weighted by Crippen LogP contribution is -2.35. The highest BCUT2D eigenvalue weighted by molar-refractivity contribution is 7.89. The third-order valence-corrected chi connectivity index (χ3v) is 6.43. The average molecular weight is 394 g/mol. The molecule has 0 saturated carbocycles. The fourth-order valence-electron chi connectivity index (χ4n) is 3.03. The van der Waals surface area contributed by atoms with Crippen LogP contribution in [-0.4, -0.2) is 50.4 Å². The second-order valence-electron chi connectivity index (χ2n) is 6.37. The van der Waals surface area contributed by atoms with Gasteiger partial charge in [0.1, 0.15) is 11.5 Å². The molecule has 0 unspecified atom stereocenters. The molecule has 3 rings (SSSR count). The first-order chi connectivity index (χ1) is 12.9. The SMILES string of the molecule is COc1ccc(S(=O)(=O)N2CCCCC2)cc1NC(=O)C1=NNC(=O)CC1. The van der Waals surface area contributed by atoms with Crippen molar-refractivity contribution in [1.82, 2.24) is 9.73 Å². The molecule has 0 aromatic heterocycles. The number of ether oxygens (including phenoxy) is 1. The van der Waals surface area contributed by atoms with Gasteiger partial charge >= 0.3 is 0 Å². The van der Waals surface area contributed by atoms with E-state index in [1.807, 2.05) is 0 Å². The van der Waals surface area contributed by atoms with Crippen LogP contribution in [0.2, 0.25) is 0 Å². The smallest absolute Gasteiger partial charge is 0.271 e. The van der Waals surface area contributed by atoms with Crippen molar-refractivity contribution >= 4 is 33.2 Å². The molecule has 1 aromatic carbocycles. The number of amides is 2. The van der Waals surface area contributed by atoms with Crippen LogP contribution < -0.4 is 15.5 Å². The Labute approximate surface area is 157 Å². The van der Waals surface area contributed by atoms with Crippen LogP contribution in [0.5, 0.6) is 5.75 Å². The topological polar surface area (TPSA) is 117 Å². The molecule has 2 aliphatic rings. The number of anilines is 1. The maximum Gasteiger partial charge on any atom is 0.271 e. The molecule has 9 nitrogen and oxygen atoms in total. The second-order valence-corrected chi connectivity index (χ2v) is 8.31. The van der Waals surface area contributed by atoms with Gasteiger partial charge in [0.15, 0.2) is 0 Å². The maximum atomic E-state index is 12.9. The zero-order valence-electron chi connectivity index (χ0n) is 15.0. The van der Waals surface area contributed by atoms with E-state index in [0.717, 1.165) is 19.3 Å². The lowest BCUT2D eigenvalue weighted by atomic mass is 10.1. The van der Waals surface area contributed by atoms with E-state index in [2.05, 4.69) is 15.8 Å². The molecule has 2 heterocycles. The van der Waals surface area contributed by atoms with Crippen LogP contribution in [0.1, 0.15) is 32.1 Å². The highest BCUT2D eigenvalue weighted by Gasteiger charge is 2.27. The summed E-state index contributed by atoms with van der Waals surface area (Å²) in [6.45, 7) is 0.985. The number of hydrogen-bond donors (Lipinski definition) is 2. The van der Waals surface area contributed by atoms with E-state index >= 15 is 0 Å². The zero-order valence-corrected chi connectivity index (χ0v) is 15.8. The summed E-state index contributed by atoms with van der Waals surface area (Å²) in [5, 5.41) is 6.38. The fourth-order valence-corrected chi connectivity index (χ4v) is 4.58. The summed E-state index contributed by atoms with van der Waals surface area (Å²) in [4.78, 5) is 23.6. The summed E-state index contributed by atoms with van der Waals surface area (Å²) in [5.41, 5.74) is 2.66. The first-order valence-corrected chi connectivity index (χ1v) is 10.2. The van der Waals surface area contributed by atoms with E-state index in [1.54, 1.807) is 0 Å². The lowest BCUT2D eigenvalue weighted by Gasteiger charge is -2.26. The number of rotatable bonds is 5. The maximum absolute atomic E-state index is 12.9. The second kappa shape index (κ2) is 8.05. The van der Waals surface area contributed by atoms with Crippen molar-refractivity contribution < 1.29 is 22.7 Å². The summed E-state index contributed by atoms with van der Waals surface area (Å²) in [5.74, 6) is -0.430. The minimum Gasteiger partial charge on any atom is -0.495 e.